The van der Waals surface area contributed by atoms with Gasteiger partial charge in [0.25, 0.3) is 0 Å². The monoisotopic (exact) mass is 769 g/mol. The summed E-state index contributed by atoms with van der Waals surface area (Å²) < 4.78 is 6.61. The largest absolute Gasteiger partial charge is 0.446 e. The topological polar surface area (TPSA) is 87.1 Å². The van der Waals surface area contributed by atoms with Crippen molar-refractivity contribution in [3.05, 3.63) is 108 Å². The van der Waals surface area contributed by atoms with Gasteiger partial charge in [0.05, 0.1) is 18.2 Å². The summed E-state index contributed by atoms with van der Waals surface area (Å²) in [4.78, 5) is 31.6. The van der Waals surface area contributed by atoms with Crippen LogP contribution in [0.25, 0.3) is 10.8 Å². The van der Waals surface area contributed by atoms with Gasteiger partial charge in [-0.15, -0.1) is 0 Å². The minimum atomic E-state index is -1.21. The zero-order chi connectivity index (χ0) is 40.0. The van der Waals surface area contributed by atoms with E-state index in [1.165, 1.54) is 0 Å². The number of hydrogen-bond donors (Lipinski definition) is 2. The van der Waals surface area contributed by atoms with E-state index in [0.29, 0.717) is 42.7 Å². The van der Waals surface area contributed by atoms with Gasteiger partial charge in [-0.1, -0.05) is 132 Å². The van der Waals surface area contributed by atoms with Crippen molar-refractivity contribution in [1.29, 1.82) is 0 Å². The lowest BCUT2D eigenvalue weighted by molar-refractivity contribution is -0.175. The normalized spacial score (nSPS) is 39.3. The van der Waals surface area contributed by atoms with Crippen molar-refractivity contribution in [3.63, 3.8) is 0 Å². The van der Waals surface area contributed by atoms with Crippen molar-refractivity contribution in [2.24, 2.45) is 51.2 Å². The molecule has 57 heavy (non-hydrogen) atoms. The van der Waals surface area contributed by atoms with Crippen LogP contribution in [0.5, 0.6) is 0 Å². The molecule has 1 unspecified atom stereocenters. The highest BCUT2D eigenvalue weighted by Gasteiger charge is 2.74. The third-order valence-corrected chi connectivity index (χ3v) is 17.2. The van der Waals surface area contributed by atoms with Crippen LogP contribution in [-0.2, 0) is 11.3 Å². The molecule has 0 aliphatic heterocycles. The lowest BCUT2D eigenvalue weighted by Gasteiger charge is -2.71. The van der Waals surface area contributed by atoms with E-state index in [-0.39, 0.29) is 47.2 Å². The van der Waals surface area contributed by atoms with Gasteiger partial charge in [-0.2, -0.15) is 0 Å². The van der Waals surface area contributed by atoms with E-state index in [2.05, 4.69) is 83.2 Å². The number of aliphatic hydroxyl groups excluding tert-OH is 1. The van der Waals surface area contributed by atoms with Crippen molar-refractivity contribution in [1.82, 2.24) is 4.90 Å². The number of aliphatic hydroxyl groups is 2. The van der Waals surface area contributed by atoms with Crippen LogP contribution in [0.1, 0.15) is 115 Å². The van der Waals surface area contributed by atoms with Crippen molar-refractivity contribution >= 4 is 22.6 Å². The fourth-order valence-corrected chi connectivity index (χ4v) is 13.9. The van der Waals surface area contributed by atoms with Crippen LogP contribution in [0.2, 0.25) is 0 Å². The van der Waals surface area contributed by atoms with Gasteiger partial charge in [0.1, 0.15) is 6.10 Å². The first-order chi connectivity index (χ1) is 27.2. The number of ketones is 1. The van der Waals surface area contributed by atoms with E-state index in [1.54, 1.807) is 0 Å². The van der Waals surface area contributed by atoms with Crippen LogP contribution in [-0.4, -0.2) is 51.3 Å². The summed E-state index contributed by atoms with van der Waals surface area (Å²) in [5, 5.41) is 26.7. The zero-order valence-corrected chi connectivity index (χ0v) is 34.8. The third-order valence-electron chi connectivity index (χ3n) is 17.2. The number of nitrogens with zero attached hydrogens (tertiary/aromatic N) is 1. The Morgan fingerprint density at radius 3 is 2.33 bits per heavy atom. The van der Waals surface area contributed by atoms with E-state index in [0.717, 1.165) is 73.3 Å². The second-order valence-electron chi connectivity index (χ2n) is 20.2. The van der Waals surface area contributed by atoms with E-state index in [9.17, 15) is 19.8 Å². The van der Waals surface area contributed by atoms with Crippen molar-refractivity contribution in [2.75, 3.05) is 6.54 Å². The van der Waals surface area contributed by atoms with E-state index >= 15 is 0 Å². The molecular formula is C51H63NO5. The van der Waals surface area contributed by atoms with Crippen molar-refractivity contribution < 1.29 is 24.5 Å². The molecule has 6 heteroatoms. The van der Waals surface area contributed by atoms with Gasteiger partial charge in [0, 0.05) is 33.9 Å². The minimum absolute atomic E-state index is 0.00849. The molecule has 10 rings (SSSR count). The summed E-state index contributed by atoms with van der Waals surface area (Å²) in [5.74, 6) is 1.46. The zero-order valence-electron chi connectivity index (χ0n) is 34.8. The Morgan fingerprint density at radius 2 is 1.54 bits per heavy atom. The van der Waals surface area contributed by atoms with E-state index in [4.69, 9.17) is 4.74 Å². The molecule has 2 spiro atoms. The first-order valence-corrected chi connectivity index (χ1v) is 22.1. The molecular weight excluding hydrogens is 707 g/mol. The standard InChI is InChI=1S/C51H63NO5/c1-33(2)39-19-18-34(3)28-42(39)57-46(55)52(31-37-16-11-15-35-12-9-10-17-40(35)37)32-50(56)25-22-44-48(50,5)24-21-43-47(4)23-20-38(53)29-49(47)26-27-51(43,44)41(30-49)45(54)36-13-7-6-8-14-36/h6-17,26-27,30,33-34,38-39,42-44,53,56H,18-25,28-29,31-32H2,1-5H3/t34-,38?,39+,42-,43+,44+,47+,48-,49-,50+,51+/m0/s1. The van der Waals surface area contributed by atoms with Crippen LogP contribution in [0, 0.1) is 51.2 Å². The highest BCUT2D eigenvalue weighted by Crippen LogP contribution is 2.78. The number of benzene rings is 3. The molecule has 11 atom stereocenters. The highest BCUT2D eigenvalue weighted by molar-refractivity contribution is 6.10. The molecule has 6 nitrogen and oxygen atoms in total. The Kier molecular flexibility index (Phi) is 9.48. The van der Waals surface area contributed by atoms with Crippen LogP contribution >= 0.6 is 0 Å². The minimum Gasteiger partial charge on any atom is -0.446 e. The Bertz CT molecular complexity index is 2100. The number of carbonyl (C=O) groups excluding carboxylic acids is 2. The maximum Gasteiger partial charge on any atom is 0.410 e. The molecule has 0 saturated heterocycles. The first kappa shape index (κ1) is 38.8. The number of carbonyl (C=O) groups is 2. The maximum absolute atomic E-state index is 14.9. The Morgan fingerprint density at radius 1 is 0.842 bits per heavy atom. The predicted octanol–water partition coefficient (Wildman–Crippen LogP) is 10.7. The molecule has 4 fully saturated rings. The van der Waals surface area contributed by atoms with Gasteiger partial charge in [-0.3, -0.25) is 4.79 Å². The number of rotatable bonds is 8. The van der Waals surface area contributed by atoms with Crippen molar-refractivity contribution in [2.45, 2.75) is 123 Å². The highest BCUT2D eigenvalue weighted by atomic mass is 16.6. The SMILES string of the molecule is CC(C)[C@H]1CC[C@H](C)C[C@@H]1OC(=O)N(Cc1cccc2ccccc12)C[C@]1(O)CC[C@H]2[C@]34C=C[C@@]5(C=C3C(=O)c3ccccc3)CC(O)CC[C@]5(C)[C@H]4CC[C@@]21C. The second kappa shape index (κ2) is 13.9. The van der Waals surface area contributed by atoms with Gasteiger partial charge in [0.15, 0.2) is 5.78 Å². The third kappa shape index (κ3) is 5.85. The van der Waals surface area contributed by atoms with Crippen LogP contribution < -0.4 is 0 Å². The molecule has 3 aromatic carbocycles. The van der Waals surface area contributed by atoms with Gasteiger partial charge in [-0.05, 0) is 109 Å². The lowest BCUT2D eigenvalue weighted by atomic mass is 9.32. The first-order valence-electron chi connectivity index (χ1n) is 22.1. The molecule has 3 aromatic rings. The number of fused-ring (bicyclic) bond motifs is 2. The maximum atomic E-state index is 14.9. The number of hydrogen-bond acceptors (Lipinski definition) is 5. The summed E-state index contributed by atoms with van der Waals surface area (Å²) in [6.45, 7) is 11.9. The smallest absolute Gasteiger partial charge is 0.410 e. The van der Waals surface area contributed by atoms with E-state index in [1.807, 2.05) is 47.4 Å². The lowest BCUT2D eigenvalue weighted by Crippen LogP contribution is -2.67. The number of Topliss-reactive ketones (excluding diaryl/α,β-unsaturated/α-hetero) is 1. The molecule has 302 valence electrons. The summed E-state index contributed by atoms with van der Waals surface area (Å²) in [6, 6.07) is 24.3. The van der Waals surface area contributed by atoms with Gasteiger partial charge in [0.2, 0.25) is 0 Å². The van der Waals surface area contributed by atoms with Gasteiger partial charge < -0.3 is 19.8 Å². The Labute approximate surface area is 339 Å². The number of amides is 1. The van der Waals surface area contributed by atoms with Crippen LogP contribution in [0.4, 0.5) is 4.79 Å². The van der Waals surface area contributed by atoms with Crippen LogP contribution in [0.15, 0.2) is 96.6 Å². The summed E-state index contributed by atoms with van der Waals surface area (Å²) in [5.41, 5.74) is -0.267. The fraction of sp³-hybridized carbons (Fsp3) is 0.569. The van der Waals surface area contributed by atoms with Crippen molar-refractivity contribution in [3.8, 4) is 0 Å². The molecule has 4 saturated carbocycles. The molecule has 2 N–H and O–H groups in total. The molecule has 0 aromatic heterocycles. The fourth-order valence-electron chi connectivity index (χ4n) is 13.9. The average Bonchev–Trinajstić information content (AvgIpc) is 3.47. The molecule has 7 aliphatic rings. The molecule has 0 radical (unpaired) electrons. The summed E-state index contributed by atoms with van der Waals surface area (Å²) >= 11 is 0. The van der Waals surface area contributed by atoms with Gasteiger partial charge in [-0.25, -0.2) is 4.79 Å². The quantitative estimate of drug-likeness (QED) is 0.176. The van der Waals surface area contributed by atoms with Gasteiger partial charge >= 0.3 is 6.09 Å². The Balaban J connectivity index is 1.10. The number of ether oxygens (including phenoxy) is 1. The van der Waals surface area contributed by atoms with E-state index < -0.39 is 22.5 Å². The molecule has 2 bridgehead atoms. The molecule has 0 heterocycles. The Hall–Kier alpha value is -3.74. The summed E-state index contributed by atoms with van der Waals surface area (Å²) in [7, 11) is 0. The average molecular weight is 770 g/mol. The molecule has 7 aliphatic carbocycles. The van der Waals surface area contributed by atoms with Crippen LogP contribution in [0.3, 0.4) is 0 Å². The predicted molar refractivity (Wildman–Crippen MR) is 225 cm³/mol. The summed E-state index contributed by atoms with van der Waals surface area (Å²) in [6.07, 6.45) is 14.5. The number of allylic oxidation sites excluding steroid dienone is 4. The molecule has 1 amide bonds. The second-order valence-corrected chi connectivity index (χ2v) is 20.2.